The third-order valence-corrected chi connectivity index (χ3v) is 3.64. The van der Waals surface area contributed by atoms with Gasteiger partial charge in [0.25, 0.3) is 0 Å². The van der Waals surface area contributed by atoms with Crippen molar-refractivity contribution >= 4 is 16.5 Å². The number of hydrogen-bond donors (Lipinski definition) is 1. The zero-order chi connectivity index (χ0) is 14.2. The molecule has 1 heterocycles. The van der Waals surface area contributed by atoms with Crippen LogP contribution in [0.3, 0.4) is 0 Å². The largest absolute Gasteiger partial charge is 0.416 e. The molecule has 0 aliphatic heterocycles. The molecule has 0 saturated heterocycles. The van der Waals surface area contributed by atoms with Crippen LogP contribution in [0.4, 0.5) is 18.3 Å². The smallest absolute Gasteiger partial charge is 0.375 e. The molecule has 0 saturated carbocycles. The molecule has 0 atom stereocenters. The number of nitrogens with two attached hydrogens (primary N) is 1. The van der Waals surface area contributed by atoms with Gasteiger partial charge in [-0.25, -0.2) is 4.98 Å². The number of thiazole rings is 1. The lowest BCUT2D eigenvalue weighted by atomic mass is 10.0. The number of alkyl halides is 3. The summed E-state index contributed by atoms with van der Waals surface area (Å²) in [5.41, 5.74) is 6.56. The molecule has 0 aliphatic carbocycles. The molecule has 2 N–H and O–H groups in total. The number of nitrogen functional groups attached to an aromatic ring is 1. The first-order valence-electron chi connectivity index (χ1n) is 5.73. The fourth-order valence-corrected chi connectivity index (χ4v) is 2.75. The van der Waals surface area contributed by atoms with E-state index in [4.69, 9.17) is 5.73 Å². The highest BCUT2D eigenvalue weighted by Gasteiger charge is 2.30. The summed E-state index contributed by atoms with van der Waals surface area (Å²) >= 11 is 1.29. The summed E-state index contributed by atoms with van der Waals surface area (Å²) in [7, 11) is 0. The SMILES string of the molecule is CC(C)c1nc(N)sc1-c1ccc(C(F)(F)F)cc1. The first-order valence-corrected chi connectivity index (χ1v) is 6.54. The highest BCUT2D eigenvalue weighted by Crippen LogP contribution is 2.37. The Hall–Kier alpha value is -1.56. The molecule has 1 aromatic heterocycles. The minimum atomic E-state index is -4.31. The molecule has 0 bridgehead atoms. The topological polar surface area (TPSA) is 38.9 Å². The van der Waals surface area contributed by atoms with Crippen molar-refractivity contribution in [2.24, 2.45) is 0 Å². The standard InChI is InChI=1S/C13H13F3N2S/c1-7(2)10-11(19-12(17)18-10)8-3-5-9(6-4-8)13(14,15)16/h3-7H,1-2H3,(H2,17,18). The quantitative estimate of drug-likeness (QED) is 0.880. The van der Waals surface area contributed by atoms with Crippen LogP contribution in [0.1, 0.15) is 31.0 Å². The van der Waals surface area contributed by atoms with E-state index in [2.05, 4.69) is 4.98 Å². The van der Waals surface area contributed by atoms with E-state index in [1.165, 1.54) is 23.5 Å². The Morgan fingerprint density at radius 2 is 1.74 bits per heavy atom. The Morgan fingerprint density at radius 3 is 2.21 bits per heavy atom. The van der Waals surface area contributed by atoms with Gasteiger partial charge in [0.1, 0.15) is 0 Å². The van der Waals surface area contributed by atoms with Gasteiger partial charge in [-0.3, -0.25) is 0 Å². The molecule has 0 radical (unpaired) electrons. The number of anilines is 1. The predicted molar refractivity (Wildman–Crippen MR) is 71.1 cm³/mol. The molecule has 2 rings (SSSR count). The van der Waals surface area contributed by atoms with Crippen molar-refractivity contribution in [2.75, 3.05) is 5.73 Å². The van der Waals surface area contributed by atoms with Crippen molar-refractivity contribution < 1.29 is 13.2 Å². The van der Waals surface area contributed by atoms with Crippen molar-refractivity contribution in [2.45, 2.75) is 25.9 Å². The average molecular weight is 286 g/mol. The van der Waals surface area contributed by atoms with E-state index in [9.17, 15) is 13.2 Å². The maximum atomic E-state index is 12.5. The van der Waals surface area contributed by atoms with E-state index in [0.717, 1.165) is 22.7 Å². The van der Waals surface area contributed by atoms with Gasteiger partial charge in [0.05, 0.1) is 16.1 Å². The van der Waals surface area contributed by atoms with Crippen LogP contribution in [-0.4, -0.2) is 4.98 Å². The summed E-state index contributed by atoms with van der Waals surface area (Å²) in [6.45, 7) is 3.95. The molecule has 0 aliphatic rings. The van der Waals surface area contributed by atoms with Gasteiger partial charge < -0.3 is 5.73 Å². The number of hydrogen-bond acceptors (Lipinski definition) is 3. The number of aromatic nitrogens is 1. The molecule has 0 fully saturated rings. The van der Waals surface area contributed by atoms with Crippen LogP contribution in [-0.2, 0) is 6.18 Å². The van der Waals surface area contributed by atoms with Gasteiger partial charge in [-0.15, -0.1) is 0 Å². The van der Waals surface area contributed by atoms with Gasteiger partial charge in [-0.05, 0) is 23.6 Å². The monoisotopic (exact) mass is 286 g/mol. The van der Waals surface area contributed by atoms with Crippen LogP contribution in [0.2, 0.25) is 0 Å². The Bertz CT molecular complexity index is 571. The number of benzene rings is 1. The van der Waals surface area contributed by atoms with Crippen LogP contribution in [0.15, 0.2) is 24.3 Å². The summed E-state index contributed by atoms with van der Waals surface area (Å²) in [5, 5.41) is 0.429. The van der Waals surface area contributed by atoms with E-state index in [-0.39, 0.29) is 5.92 Å². The zero-order valence-corrected chi connectivity index (χ0v) is 11.3. The van der Waals surface area contributed by atoms with Crippen LogP contribution in [0.25, 0.3) is 10.4 Å². The average Bonchev–Trinajstić information content (AvgIpc) is 2.70. The van der Waals surface area contributed by atoms with Crippen LogP contribution < -0.4 is 5.73 Å². The lowest BCUT2D eigenvalue weighted by molar-refractivity contribution is -0.137. The van der Waals surface area contributed by atoms with Gasteiger partial charge in [0, 0.05) is 0 Å². The molecular weight excluding hydrogens is 273 g/mol. The van der Waals surface area contributed by atoms with E-state index < -0.39 is 11.7 Å². The van der Waals surface area contributed by atoms with Crippen molar-refractivity contribution in [1.29, 1.82) is 0 Å². The highest BCUT2D eigenvalue weighted by molar-refractivity contribution is 7.18. The molecule has 102 valence electrons. The van der Waals surface area contributed by atoms with Crippen LogP contribution in [0.5, 0.6) is 0 Å². The Kier molecular flexibility index (Phi) is 3.54. The fraction of sp³-hybridized carbons (Fsp3) is 0.308. The van der Waals surface area contributed by atoms with Crippen LogP contribution in [0, 0.1) is 0 Å². The third-order valence-electron chi connectivity index (χ3n) is 2.69. The van der Waals surface area contributed by atoms with E-state index in [1.54, 1.807) is 0 Å². The van der Waals surface area contributed by atoms with E-state index in [1.807, 2.05) is 13.8 Å². The second kappa shape index (κ2) is 4.85. The lowest BCUT2D eigenvalue weighted by Gasteiger charge is -2.08. The summed E-state index contributed by atoms with van der Waals surface area (Å²) < 4.78 is 37.5. The first-order chi connectivity index (χ1) is 8.79. The number of rotatable bonds is 2. The predicted octanol–water partition coefficient (Wildman–Crippen LogP) is 4.53. The lowest BCUT2D eigenvalue weighted by Crippen LogP contribution is -2.04. The fourth-order valence-electron chi connectivity index (χ4n) is 1.76. The van der Waals surface area contributed by atoms with Gasteiger partial charge in [0.2, 0.25) is 0 Å². The Morgan fingerprint density at radius 1 is 1.16 bits per heavy atom. The second-order valence-corrected chi connectivity index (χ2v) is 5.53. The maximum Gasteiger partial charge on any atom is 0.416 e. The van der Waals surface area contributed by atoms with Crippen molar-refractivity contribution in [1.82, 2.24) is 4.98 Å². The summed E-state index contributed by atoms with van der Waals surface area (Å²) in [4.78, 5) is 5.07. The van der Waals surface area contributed by atoms with Gasteiger partial charge in [-0.1, -0.05) is 37.3 Å². The van der Waals surface area contributed by atoms with E-state index in [0.29, 0.717) is 10.7 Å². The molecule has 0 spiro atoms. The normalized spacial score (nSPS) is 12.1. The molecule has 6 heteroatoms. The Balaban J connectivity index is 2.43. The van der Waals surface area contributed by atoms with Gasteiger partial charge >= 0.3 is 6.18 Å². The molecule has 0 unspecified atom stereocenters. The molecule has 1 aromatic carbocycles. The van der Waals surface area contributed by atoms with Crippen molar-refractivity contribution in [3.63, 3.8) is 0 Å². The molecule has 0 amide bonds. The number of nitrogens with zero attached hydrogens (tertiary/aromatic N) is 1. The first kappa shape index (κ1) is 13.9. The maximum absolute atomic E-state index is 12.5. The third kappa shape index (κ3) is 2.89. The summed E-state index contributed by atoms with van der Waals surface area (Å²) in [6.07, 6.45) is -4.31. The zero-order valence-electron chi connectivity index (χ0n) is 10.5. The summed E-state index contributed by atoms with van der Waals surface area (Å²) in [6, 6.07) is 5.08. The molecular formula is C13H13F3N2S. The van der Waals surface area contributed by atoms with Crippen molar-refractivity contribution in [3.05, 3.63) is 35.5 Å². The minimum Gasteiger partial charge on any atom is -0.375 e. The number of halogens is 3. The summed E-state index contributed by atoms with van der Waals surface area (Å²) in [5.74, 6) is 0.172. The molecule has 2 aromatic rings. The molecule has 2 nitrogen and oxygen atoms in total. The van der Waals surface area contributed by atoms with E-state index >= 15 is 0 Å². The highest BCUT2D eigenvalue weighted by atomic mass is 32.1. The van der Waals surface area contributed by atoms with Gasteiger partial charge in [-0.2, -0.15) is 13.2 Å². The minimum absolute atomic E-state index is 0.172. The second-order valence-electron chi connectivity index (χ2n) is 4.50. The Labute approximate surface area is 113 Å². The molecule has 19 heavy (non-hydrogen) atoms. The van der Waals surface area contributed by atoms with Gasteiger partial charge in [0.15, 0.2) is 5.13 Å². The van der Waals surface area contributed by atoms with Crippen LogP contribution >= 0.6 is 11.3 Å². The van der Waals surface area contributed by atoms with Crippen molar-refractivity contribution in [3.8, 4) is 10.4 Å².